The number of pyridine rings is 1. The van der Waals surface area contributed by atoms with Gasteiger partial charge in [0.15, 0.2) is 5.82 Å². The van der Waals surface area contributed by atoms with E-state index in [-0.39, 0.29) is 6.42 Å². The average molecular weight is 383 g/mol. The van der Waals surface area contributed by atoms with Crippen LogP contribution in [0.3, 0.4) is 0 Å². The molecule has 0 aliphatic rings. The number of ether oxygens (including phenoxy) is 1. The van der Waals surface area contributed by atoms with Gasteiger partial charge in [-0.1, -0.05) is 43.1 Å². The minimum Gasteiger partial charge on any atom is -0.421 e. The van der Waals surface area contributed by atoms with Gasteiger partial charge in [0.05, 0.1) is 6.42 Å². The molecular formula is C20H19ClN4O2. The van der Waals surface area contributed by atoms with E-state index in [4.69, 9.17) is 22.1 Å². The van der Waals surface area contributed by atoms with Gasteiger partial charge >= 0.3 is 0 Å². The molecule has 0 bridgehead atoms. The van der Waals surface area contributed by atoms with Crippen molar-refractivity contribution in [3.8, 4) is 23.1 Å². The monoisotopic (exact) mass is 382 g/mol. The first-order valence-corrected chi connectivity index (χ1v) is 8.96. The lowest BCUT2D eigenvalue weighted by Crippen LogP contribution is -2.13. The van der Waals surface area contributed by atoms with Crippen molar-refractivity contribution in [2.24, 2.45) is 5.73 Å². The fraction of sp³-hybridized carbons (Fsp3) is 0.200. The second-order valence-corrected chi connectivity index (χ2v) is 6.47. The molecule has 0 fully saturated rings. The van der Waals surface area contributed by atoms with Gasteiger partial charge in [-0.3, -0.25) is 4.79 Å². The van der Waals surface area contributed by atoms with Gasteiger partial charge in [-0.15, -0.1) is 0 Å². The molecule has 1 amide bonds. The molecule has 2 heterocycles. The SMILES string of the molecule is CCCc1cc(Oc2ccc(CC(N)=O)cn2)nc(-c2cccc(Cl)c2)n1. The Morgan fingerprint density at radius 1 is 1.15 bits per heavy atom. The van der Waals surface area contributed by atoms with Crippen molar-refractivity contribution in [3.05, 3.63) is 64.9 Å². The second kappa shape index (κ2) is 8.60. The minimum absolute atomic E-state index is 0.139. The third-order valence-corrected chi connectivity index (χ3v) is 3.96. The highest BCUT2D eigenvalue weighted by atomic mass is 35.5. The molecule has 2 aromatic heterocycles. The number of nitrogens with zero attached hydrogens (tertiary/aromatic N) is 3. The summed E-state index contributed by atoms with van der Waals surface area (Å²) in [6.07, 6.45) is 3.45. The number of hydrogen-bond acceptors (Lipinski definition) is 5. The van der Waals surface area contributed by atoms with Gasteiger partial charge in [-0.25, -0.2) is 9.97 Å². The Labute approximate surface area is 162 Å². The van der Waals surface area contributed by atoms with Gasteiger partial charge in [0, 0.05) is 34.6 Å². The summed E-state index contributed by atoms with van der Waals surface area (Å²) in [5, 5.41) is 0.617. The van der Waals surface area contributed by atoms with Crippen LogP contribution in [0.25, 0.3) is 11.4 Å². The Balaban J connectivity index is 1.89. The molecule has 0 unspecified atom stereocenters. The van der Waals surface area contributed by atoms with Crippen LogP contribution >= 0.6 is 11.6 Å². The van der Waals surface area contributed by atoms with E-state index in [1.54, 1.807) is 30.5 Å². The molecule has 0 atom stereocenters. The normalized spacial score (nSPS) is 10.6. The number of carbonyl (C=O) groups excluding carboxylic acids is 1. The quantitative estimate of drug-likeness (QED) is 0.667. The number of amides is 1. The molecular weight excluding hydrogens is 364 g/mol. The minimum atomic E-state index is -0.406. The first-order chi connectivity index (χ1) is 13.0. The summed E-state index contributed by atoms with van der Waals surface area (Å²) in [5.74, 6) is 0.917. The number of aryl methyl sites for hydroxylation is 1. The summed E-state index contributed by atoms with van der Waals surface area (Å²) in [6, 6.07) is 12.6. The average Bonchev–Trinajstić information content (AvgIpc) is 2.63. The molecule has 0 radical (unpaired) electrons. The van der Waals surface area contributed by atoms with Crippen molar-refractivity contribution in [2.45, 2.75) is 26.2 Å². The lowest BCUT2D eigenvalue weighted by molar-refractivity contribution is -0.117. The van der Waals surface area contributed by atoms with Crippen LogP contribution in [0.4, 0.5) is 0 Å². The summed E-state index contributed by atoms with van der Waals surface area (Å²) in [6.45, 7) is 2.08. The van der Waals surface area contributed by atoms with Crippen LogP contribution in [0.5, 0.6) is 11.8 Å². The molecule has 0 saturated heterocycles. The number of rotatable bonds is 7. The predicted molar refractivity (Wildman–Crippen MR) is 104 cm³/mol. The number of aromatic nitrogens is 3. The molecule has 2 N–H and O–H groups in total. The third-order valence-electron chi connectivity index (χ3n) is 3.73. The van der Waals surface area contributed by atoms with E-state index >= 15 is 0 Å². The summed E-state index contributed by atoms with van der Waals surface area (Å²) < 4.78 is 5.81. The fourth-order valence-electron chi connectivity index (χ4n) is 2.55. The molecule has 0 aliphatic carbocycles. The Kier molecular flexibility index (Phi) is 5.98. The topological polar surface area (TPSA) is 91.0 Å². The third kappa shape index (κ3) is 5.24. The van der Waals surface area contributed by atoms with Crippen molar-refractivity contribution in [3.63, 3.8) is 0 Å². The zero-order valence-corrected chi connectivity index (χ0v) is 15.6. The van der Waals surface area contributed by atoms with Gasteiger partial charge in [0.1, 0.15) is 0 Å². The molecule has 7 heteroatoms. The van der Waals surface area contributed by atoms with Crippen LogP contribution in [0, 0.1) is 0 Å². The summed E-state index contributed by atoms with van der Waals surface area (Å²) in [7, 11) is 0. The predicted octanol–water partition coefficient (Wildman–Crippen LogP) is 3.96. The highest BCUT2D eigenvalue weighted by molar-refractivity contribution is 6.30. The molecule has 6 nitrogen and oxygen atoms in total. The number of primary amides is 1. The van der Waals surface area contributed by atoms with Crippen molar-refractivity contribution in [1.29, 1.82) is 0 Å². The maximum absolute atomic E-state index is 11.0. The molecule has 1 aromatic carbocycles. The zero-order chi connectivity index (χ0) is 19.2. The van der Waals surface area contributed by atoms with E-state index in [1.807, 2.05) is 18.2 Å². The molecule has 3 rings (SSSR count). The van der Waals surface area contributed by atoms with E-state index in [9.17, 15) is 4.79 Å². The maximum atomic E-state index is 11.0. The lowest BCUT2D eigenvalue weighted by Gasteiger charge is -2.09. The van der Waals surface area contributed by atoms with Crippen LogP contribution < -0.4 is 10.5 Å². The smallest absolute Gasteiger partial charge is 0.225 e. The molecule has 0 spiro atoms. The van der Waals surface area contributed by atoms with Gasteiger partial charge in [0.25, 0.3) is 0 Å². The summed E-state index contributed by atoms with van der Waals surface area (Å²) in [4.78, 5) is 24.3. The van der Waals surface area contributed by atoms with Gasteiger partial charge in [-0.2, -0.15) is 4.98 Å². The summed E-state index contributed by atoms with van der Waals surface area (Å²) in [5.41, 5.74) is 7.61. The number of hydrogen-bond donors (Lipinski definition) is 1. The zero-order valence-electron chi connectivity index (χ0n) is 14.9. The van der Waals surface area contributed by atoms with E-state index < -0.39 is 5.91 Å². The number of halogens is 1. The van der Waals surface area contributed by atoms with Crippen LogP contribution in [-0.4, -0.2) is 20.9 Å². The second-order valence-electron chi connectivity index (χ2n) is 6.03. The van der Waals surface area contributed by atoms with Gasteiger partial charge in [-0.05, 0) is 24.1 Å². The highest BCUT2D eigenvalue weighted by Gasteiger charge is 2.10. The first-order valence-electron chi connectivity index (χ1n) is 8.58. The van der Waals surface area contributed by atoms with Gasteiger partial charge < -0.3 is 10.5 Å². The molecule has 0 saturated carbocycles. The first kappa shape index (κ1) is 18.8. The van der Waals surface area contributed by atoms with Crippen LogP contribution in [0.1, 0.15) is 24.6 Å². The molecule has 138 valence electrons. The molecule has 27 heavy (non-hydrogen) atoms. The number of nitrogens with two attached hydrogens (primary N) is 1. The van der Waals surface area contributed by atoms with E-state index in [2.05, 4.69) is 21.9 Å². The van der Waals surface area contributed by atoms with Crippen LogP contribution in [-0.2, 0) is 17.6 Å². The van der Waals surface area contributed by atoms with Crippen LogP contribution in [0.15, 0.2) is 48.7 Å². The van der Waals surface area contributed by atoms with Crippen molar-refractivity contribution >= 4 is 17.5 Å². The van der Waals surface area contributed by atoms with Crippen molar-refractivity contribution in [1.82, 2.24) is 15.0 Å². The fourth-order valence-corrected chi connectivity index (χ4v) is 2.74. The Morgan fingerprint density at radius 2 is 2.00 bits per heavy atom. The molecule has 0 aliphatic heterocycles. The van der Waals surface area contributed by atoms with Crippen molar-refractivity contribution in [2.75, 3.05) is 0 Å². The highest BCUT2D eigenvalue weighted by Crippen LogP contribution is 2.25. The van der Waals surface area contributed by atoms with Crippen LogP contribution in [0.2, 0.25) is 5.02 Å². The standard InChI is InChI=1S/C20H19ClN4O2/c1-2-4-16-11-19(25-20(24-16)14-5-3-6-15(21)10-14)27-18-8-7-13(12-23-18)9-17(22)26/h3,5-8,10-12H,2,4,9H2,1H3,(H2,22,26). The molecule has 3 aromatic rings. The Bertz CT molecular complexity index is 945. The Morgan fingerprint density at radius 3 is 2.67 bits per heavy atom. The summed E-state index contributed by atoms with van der Waals surface area (Å²) >= 11 is 6.09. The van der Waals surface area contributed by atoms with E-state index in [0.717, 1.165) is 29.7 Å². The number of carbonyl (C=O) groups is 1. The van der Waals surface area contributed by atoms with Gasteiger partial charge in [0.2, 0.25) is 17.7 Å². The Hall–Kier alpha value is -2.99. The largest absolute Gasteiger partial charge is 0.421 e. The van der Waals surface area contributed by atoms with E-state index in [1.165, 1.54) is 0 Å². The van der Waals surface area contributed by atoms with E-state index in [0.29, 0.717) is 22.6 Å². The lowest BCUT2D eigenvalue weighted by atomic mass is 10.2. The number of benzene rings is 1. The van der Waals surface area contributed by atoms with Crippen molar-refractivity contribution < 1.29 is 9.53 Å². The maximum Gasteiger partial charge on any atom is 0.225 e.